The first-order valence-corrected chi connectivity index (χ1v) is 8.71. The van der Waals surface area contributed by atoms with Crippen molar-refractivity contribution in [3.05, 3.63) is 52.5 Å². The first-order chi connectivity index (χ1) is 9.85. The molecule has 5 nitrogen and oxygen atoms in total. The second-order valence-corrected chi connectivity index (χ2v) is 6.99. The standard InChI is InChI=1S/C13H14Cl2N2O3S/c1-21(18,19)20-13(4-6-17-7-5-16-9-17)11-3-2-10(14)8-12(11)15/h2-3,5,7-9,13H,4,6H2,1H3. The van der Waals surface area contributed by atoms with E-state index in [0.29, 0.717) is 28.6 Å². The van der Waals surface area contributed by atoms with Crippen molar-refractivity contribution < 1.29 is 12.6 Å². The van der Waals surface area contributed by atoms with Crippen LogP contribution >= 0.6 is 23.2 Å². The highest BCUT2D eigenvalue weighted by Crippen LogP contribution is 2.31. The molecule has 1 aromatic heterocycles. The fourth-order valence-electron chi connectivity index (χ4n) is 1.91. The Balaban J connectivity index is 2.22. The van der Waals surface area contributed by atoms with Crippen molar-refractivity contribution in [1.29, 1.82) is 0 Å². The highest BCUT2D eigenvalue weighted by molar-refractivity contribution is 7.86. The van der Waals surface area contributed by atoms with Crippen molar-refractivity contribution in [2.45, 2.75) is 19.1 Å². The summed E-state index contributed by atoms with van der Waals surface area (Å²) < 4.78 is 29.9. The molecule has 0 spiro atoms. The summed E-state index contributed by atoms with van der Waals surface area (Å²) in [6.45, 7) is 0.555. The third kappa shape index (κ3) is 5.00. The summed E-state index contributed by atoms with van der Waals surface area (Å²) in [6, 6.07) is 4.89. The average molecular weight is 349 g/mol. The number of nitrogens with zero attached hydrogens (tertiary/aromatic N) is 2. The van der Waals surface area contributed by atoms with Gasteiger partial charge in [-0.15, -0.1) is 0 Å². The zero-order chi connectivity index (χ0) is 15.5. The third-order valence-corrected chi connectivity index (χ3v) is 3.95. The Bertz CT molecular complexity index is 702. The molecule has 1 aromatic carbocycles. The number of hydrogen-bond donors (Lipinski definition) is 0. The predicted octanol–water partition coefficient (Wildman–Crippen LogP) is 3.30. The van der Waals surface area contributed by atoms with Gasteiger partial charge in [-0.3, -0.25) is 4.18 Å². The largest absolute Gasteiger partial charge is 0.337 e. The van der Waals surface area contributed by atoms with E-state index in [4.69, 9.17) is 27.4 Å². The Kier molecular flexibility index (Phi) is 5.27. The van der Waals surface area contributed by atoms with Gasteiger partial charge in [0.1, 0.15) is 6.10 Å². The third-order valence-electron chi connectivity index (χ3n) is 2.81. The van der Waals surface area contributed by atoms with Crippen molar-refractivity contribution in [3.8, 4) is 0 Å². The lowest BCUT2D eigenvalue weighted by molar-refractivity contribution is 0.198. The molecule has 114 valence electrons. The van der Waals surface area contributed by atoms with Gasteiger partial charge in [-0.05, 0) is 18.6 Å². The van der Waals surface area contributed by atoms with Crippen molar-refractivity contribution >= 4 is 33.3 Å². The van der Waals surface area contributed by atoms with Gasteiger partial charge in [0.05, 0.1) is 12.6 Å². The van der Waals surface area contributed by atoms with Crippen LogP contribution in [0.1, 0.15) is 18.1 Å². The van der Waals surface area contributed by atoms with Crippen molar-refractivity contribution in [1.82, 2.24) is 9.55 Å². The van der Waals surface area contributed by atoms with E-state index >= 15 is 0 Å². The molecule has 8 heteroatoms. The Morgan fingerprint density at radius 1 is 1.38 bits per heavy atom. The summed E-state index contributed by atoms with van der Waals surface area (Å²) in [7, 11) is -3.61. The van der Waals surface area contributed by atoms with E-state index in [-0.39, 0.29) is 0 Å². The highest BCUT2D eigenvalue weighted by Gasteiger charge is 2.20. The maximum atomic E-state index is 11.4. The molecular formula is C13H14Cl2N2O3S. The zero-order valence-electron chi connectivity index (χ0n) is 11.2. The smallest absolute Gasteiger partial charge is 0.264 e. The molecule has 0 saturated carbocycles. The summed E-state index contributed by atoms with van der Waals surface area (Å²) >= 11 is 12.0. The fraction of sp³-hybridized carbons (Fsp3) is 0.308. The highest BCUT2D eigenvalue weighted by atomic mass is 35.5. The Labute approximate surface area is 133 Å². The molecule has 2 rings (SSSR count). The van der Waals surface area contributed by atoms with Crippen molar-refractivity contribution in [3.63, 3.8) is 0 Å². The minimum atomic E-state index is -3.61. The Morgan fingerprint density at radius 2 is 2.14 bits per heavy atom. The van der Waals surface area contributed by atoms with E-state index in [1.807, 2.05) is 4.57 Å². The van der Waals surface area contributed by atoms with Crippen LogP contribution in [0, 0.1) is 0 Å². The maximum Gasteiger partial charge on any atom is 0.264 e. The lowest BCUT2D eigenvalue weighted by Crippen LogP contribution is -2.13. The van der Waals surface area contributed by atoms with Crippen LogP contribution in [0.5, 0.6) is 0 Å². The molecule has 0 fully saturated rings. The molecule has 0 aliphatic rings. The van der Waals surface area contributed by atoms with Gasteiger partial charge in [0.25, 0.3) is 10.1 Å². The van der Waals surface area contributed by atoms with Crippen LogP contribution in [-0.4, -0.2) is 24.2 Å². The summed E-state index contributed by atoms with van der Waals surface area (Å²) in [5.74, 6) is 0. The van der Waals surface area contributed by atoms with Crippen LogP contribution in [0.25, 0.3) is 0 Å². The van der Waals surface area contributed by atoms with Crippen LogP contribution in [0.2, 0.25) is 10.0 Å². The summed E-state index contributed by atoms with van der Waals surface area (Å²) in [6.07, 6.45) is 5.88. The molecule has 0 N–H and O–H groups in total. The van der Waals surface area contributed by atoms with Gasteiger partial charge in [0.2, 0.25) is 0 Å². The quantitative estimate of drug-likeness (QED) is 0.751. The molecule has 0 saturated heterocycles. The molecule has 2 aromatic rings. The zero-order valence-corrected chi connectivity index (χ0v) is 13.6. The molecule has 1 heterocycles. The van der Waals surface area contributed by atoms with Gasteiger partial charge in [-0.1, -0.05) is 29.3 Å². The first-order valence-electron chi connectivity index (χ1n) is 6.14. The van der Waals surface area contributed by atoms with E-state index in [0.717, 1.165) is 6.26 Å². The topological polar surface area (TPSA) is 61.2 Å². The molecule has 21 heavy (non-hydrogen) atoms. The van der Waals surface area contributed by atoms with E-state index in [9.17, 15) is 8.42 Å². The number of imidazole rings is 1. The van der Waals surface area contributed by atoms with Crippen LogP contribution < -0.4 is 0 Å². The molecule has 1 unspecified atom stereocenters. The molecular weight excluding hydrogens is 335 g/mol. The SMILES string of the molecule is CS(=O)(=O)OC(CCn1ccnc1)c1ccc(Cl)cc1Cl. The van der Waals surface area contributed by atoms with Gasteiger partial charge < -0.3 is 4.57 Å². The first kappa shape index (κ1) is 16.3. The Morgan fingerprint density at radius 3 is 2.71 bits per heavy atom. The molecule has 0 radical (unpaired) electrons. The average Bonchev–Trinajstić information content (AvgIpc) is 2.86. The number of aromatic nitrogens is 2. The maximum absolute atomic E-state index is 11.4. The van der Waals surface area contributed by atoms with Gasteiger partial charge in [0, 0.05) is 34.5 Å². The predicted molar refractivity (Wildman–Crippen MR) is 82.0 cm³/mol. The number of aryl methyl sites for hydroxylation is 1. The van der Waals surface area contributed by atoms with Gasteiger partial charge >= 0.3 is 0 Å². The lowest BCUT2D eigenvalue weighted by Gasteiger charge is -2.18. The van der Waals surface area contributed by atoms with E-state index < -0.39 is 16.2 Å². The van der Waals surface area contributed by atoms with Gasteiger partial charge in [-0.25, -0.2) is 4.98 Å². The van der Waals surface area contributed by atoms with E-state index in [1.165, 1.54) is 0 Å². The molecule has 0 aliphatic heterocycles. The summed E-state index contributed by atoms with van der Waals surface area (Å²) in [5, 5.41) is 0.859. The fourth-order valence-corrected chi connectivity index (χ4v) is 3.07. The number of rotatable bonds is 6. The van der Waals surface area contributed by atoms with Crippen molar-refractivity contribution in [2.24, 2.45) is 0 Å². The van der Waals surface area contributed by atoms with E-state index in [2.05, 4.69) is 4.98 Å². The van der Waals surface area contributed by atoms with E-state index in [1.54, 1.807) is 36.9 Å². The molecule has 0 amide bonds. The summed E-state index contributed by atoms with van der Waals surface area (Å²) in [4.78, 5) is 3.94. The van der Waals surface area contributed by atoms with Crippen molar-refractivity contribution in [2.75, 3.05) is 6.26 Å². The second-order valence-electron chi connectivity index (χ2n) is 4.54. The normalized spacial score (nSPS) is 13.3. The molecule has 0 aliphatic carbocycles. The monoisotopic (exact) mass is 348 g/mol. The molecule has 0 bridgehead atoms. The second kappa shape index (κ2) is 6.79. The summed E-state index contributed by atoms with van der Waals surface area (Å²) in [5.41, 5.74) is 0.589. The van der Waals surface area contributed by atoms with Crippen LogP contribution in [0.15, 0.2) is 36.9 Å². The lowest BCUT2D eigenvalue weighted by atomic mass is 10.1. The van der Waals surface area contributed by atoms with Crippen LogP contribution in [0.3, 0.4) is 0 Å². The van der Waals surface area contributed by atoms with Gasteiger partial charge in [0.15, 0.2) is 0 Å². The minimum Gasteiger partial charge on any atom is -0.337 e. The number of hydrogen-bond acceptors (Lipinski definition) is 4. The number of benzene rings is 1. The molecule has 1 atom stereocenters. The van der Waals surface area contributed by atoms with Crippen LogP contribution in [0.4, 0.5) is 0 Å². The van der Waals surface area contributed by atoms with Crippen LogP contribution in [-0.2, 0) is 20.8 Å². The number of halogens is 2. The Hall–Kier alpha value is -1.08. The van der Waals surface area contributed by atoms with Gasteiger partial charge in [-0.2, -0.15) is 8.42 Å². The minimum absolute atomic E-state index is 0.377.